The van der Waals surface area contributed by atoms with Crippen molar-refractivity contribution in [1.82, 2.24) is 19.7 Å². The summed E-state index contributed by atoms with van der Waals surface area (Å²) >= 11 is 0. The van der Waals surface area contributed by atoms with E-state index >= 15 is 0 Å². The Labute approximate surface area is 253 Å². The normalized spacial score (nSPS) is 15.7. The van der Waals surface area contributed by atoms with Crippen LogP contribution in [0.1, 0.15) is 61.7 Å². The average molecular weight is 587 g/mol. The molecule has 44 heavy (non-hydrogen) atoms. The van der Waals surface area contributed by atoms with Gasteiger partial charge >= 0.3 is 5.97 Å². The van der Waals surface area contributed by atoms with Crippen LogP contribution in [-0.2, 0) is 0 Å². The first-order chi connectivity index (χ1) is 21.2. The number of ether oxygens (including phenoxy) is 1. The molecule has 2 aromatic heterocycles. The van der Waals surface area contributed by atoms with Crippen LogP contribution < -0.4 is 4.74 Å². The molecule has 9 heteroatoms. The number of rotatable bonds is 4. The highest BCUT2D eigenvalue weighted by Crippen LogP contribution is 2.41. The monoisotopic (exact) mass is 586 g/mol. The Morgan fingerprint density at radius 3 is 2.43 bits per heavy atom. The largest absolute Gasteiger partial charge is 0.486 e. The summed E-state index contributed by atoms with van der Waals surface area (Å²) in [7, 11) is 0. The summed E-state index contributed by atoms with van der Waals surface area (Å²) in [4.78, 5) is 44.6. The molecule has 0 bridgehead atoms. The van der Waals surface area contributed by atoms with Gasteiger partial charge in [-0.25, -0.2) is 9.48 Å². The molecule has 2 aliphatic heterocycles. The van der Waals surface area contributed by atoms with Gasteiger partial charge in [-0.2, -0.15) is 5.10 Å². The summed E-state index contributed by atoms with van der Waals surface area (Å²) in [5.41, 5.74) is 5.06. The van der Waals surface area contributed by atoms with E-state index in [9.17, 15) is 19.5 Å². The number of pyridine rings is 1. The van der Waals surface area contributed by atoms with Gasteiger partial charge in [-0.05, 0) is 67.9 Å². The van der Waals surface area contributed by atoms with E-state index in [2.05, 4.69) is 4.98 Å². The Morgan fingerprint density at radius 2 is 1.68 bits per heavy atom. The Balaban J connectivity index is 1.07. The molecule has 7 rings (SSSR count). The average Bonchev–Trinajstić information content (AvgIpc) is 3.37. The summed E-state index contributed by atoms with van der Waals surface area (Å²) in [6.45, 7) is 4.56. The maximum absolute atomic E-state index is 13.6. The lowest BCUT2D eigenvalue weighted by molar-refractivity contribution is -0.00571. The lowest BCUT2D eigenvalue weighted by atomic mass is 9.82. The number of ketones is 1. The summed E-state index contributed by atoms with van der Waals surface area (Å²) in [5, 5.41) is 15.1. The number of benzene rings is 3. The molecule has 0 saturated carbocycles. The third-order valence-electron chi connectivity index (χ3n) is 8.81. The SMILES string of the molecule is Cc1ncc(-c2ccc3c(c2)C(=O)CC2(CCN(C(=O)c4ccc5c(c4)c(C)nn5-c4ccccc4)CC2)O3)cc1C(=O)O. The number of carbonyl (C=O) groups is 3. The molecule has 2 aliphatic rings. The number of hydrogen-bond donors (Lipinski definition) is 1. The van der Waals surface area contributed by atoms with Crippen LogP contribution in [0.4, 0.5) is 0 Å². The molecule has 1 saturated heterocycles. The van der Waals surface area contributed by atoms with Crippen molar-refractivity contribution < 1.29 is 24.2 Å². The number of para-hydroxylation sites is 1. The number of hydrogen-bond acceptors (Lipinski definition) is 6. The minimum atomic E-state index is -1.05. The van der Waals surface area contributed by atoms with Gasteiger partial charge in [0.25, 0.3) is 5.91 Å². The third kappa shape index (κ3) is 4.70. The molecule has 1 N–H and O–H groups in total. The fourth-order valence-corrected chi connectivity index (χ4v) is 6.33. The van der Waals surface area contributed by atoms with E-state index < -0.39 is 11.6 Å². The molecule has 9 nitrogen and oxygen atoms in total. The fraction of sp³-hybridized carbons (Fsp3) is 0.229. The van der Waals surface area contributed by atoms with Gasteiger partial charge in [-0.1, -0.05) is 24.3 Å². The number of carboxylic acids is 1. The second kappa shape index (κ2) is 10.4. The van der Waals surface area contributed by atoms with Crippen LogP contribution in [0.25, 0.3) is 27.7 Å². The van der Waals surface area contributed by atoms with Crippen LogP contribution in [0.2, 0.25) is 0 Å². The molecule has 0 unspecified atom stereocenters. The first-order valence-electron chi connectivity index (χ1n) is 14.6. The van der Waals surface area contributed by atoms with Crippen molar-refractivity contribution in [3.05, 3.63) is 107 Å². The molecule has 3 aromatic carbocycles. The molecule has 1 fully saturated rings. The molecule has 0 atom stereocenters. The minimum Gasteiger partial charge on any atom is -0.486 e. The predicted molar refractivity (Wildman–Crippen MR) is 165 cm³/mol. The van der Waals surface area contributed by atoms with Gasteiger partial charge in [0.15, 0.2) is 5.78 Å². The van der Waals surface area contributed by atoms with Crippen LogP contribution in [0, 0.1) is 13.8 Å². The van der Waals surface area contributed by atoms with E-state index in [0.717, 1.165) is 22.3 Å². The number of nitrogens with zero attached hydrogens (tertiary/aromatic N) is 4. The molecule has 5 aromatic rings. The van der Waals surface area contributed by atoms with Crippen LogP contribution in [-0.4, -0.2) is 61.1 Å². The highest BCUT2D eigenvalue weighted by Gasteiger charge is 2.44. The molecule has 1 amide bonds. The number of likely N-dealkylation sites (tertiary alicyclic amines) is 1. The topological polar surface area (TPSA) is 115 Å². The number of fused-ring (bicyclic) bond motifs is 2. The maximum atomic E-state index is 13.6. The molecule has 1 spiro atoms. The highest BCUT2D eigenvalue weighted by molar-refractivity contribution is 6.02. The highest BCUT2D eigenvalue weighted by atomic mass is 16.5. The van der Waals surface area contributed by atoms with Crippen molar-refractivity contribution >= 4 is 28.6 Å². The van der Waals surface area contributed by atoms with E-state index in [1.807, 2.05) is 71.1 Å². The number of carboxylic acid groups (broad SMARTS) is 1. The van der Waals surface area contributed by atoms with E-state index in [1.54, 1.807) is 31.3 Å². The Morgan fingerprint density at radius 1 is 0.909 bits per heavy atom. The van der Waals surface area contributed by atoms with Crippen molar-refractivity contribution in [2.24, 2.45) is 0 Å². The molecule has 220 valence electrons. The molecular formula is C35H30N4O5. The van der Waals surface area contributed by atoms with Gasteiger partial charge in [0, 0.05) is 48.6 Å². The molecule has 0 aliphatic carbocycles. The summed E-state index contributed by atoms with van der Waals surface area (Å²) in [5.74, 6) is -0.605. The quantitative estimate of drug-likeness (QED) is 0.273. The standard InChI is InChI=1S/C35H30N4O5/c1-21-28(34(42)43)18-25(20-36-21)23-9-11-32-29(16-23)31(40)19-35(44-32)12-14-38(15-13-35)33(41)24-8-10-30-27(17-24)22(2)37-39(30)26-6-4-3-5-7-26/h3-11,16-18,20H,12-15,19H2,1-2H3,(H,42,43). The van der Waals surface area contributed by atoms with Gasteiger partial charge in [-0.15, -0.1) is 0 Å². The van der Waals surface area contributed by atoms with E-state index in [-0.39, 0.29) is 23.7 Å². The second-order valence-electron chi connectivity index (χ2n) is 11.6. The first-order valence-corrected chi connectivity index (χ1v) is 14.6. The first kappa shape index (κ1) is 27.5. The number of aryl methyl sites for hydroxylation is 2. The second-order valence-corrected chi connectivity index (χ2v) is 11.6. The number of amides is 1. The lowest BCUT2D eigenvalue weighted by Gasteiger charge is -2.44. The van der Waals surface area contributed by atoms with Crippen LogP contribution in [0.5, 0.6) is 5.75 Å². The summed E-state index contributed by atoms with van der Waals surface area (Å²) in [6, 6.07) is 22.6. The van der Waals surface area contributed by atoms with Gasteiger partial charge in [0.05, 0.1) is 40.1 Å². The number of aromatic nitrogens is 3. The van der Waals surface area contributed by atoms with E-state index in [0.29, 0.717) is 59.6 Å². The lowest BCUT2D eigenvalue weighted by Crippen LogP contribution is -2.52. The zero-order chi connectivity index (χ0) is 30.6. The van der Waals surface area contributed by atoms with Gasteiger partial charge in [-0.3, -0.25) is 14.6 Å². The maximum Gasteiger partial charge on any atom is 0.337 e. The Kier molecular flexibility index (Phi) is 6.53. The zero-order valence-electron chi connectivity index (χ0n) is 24.4. The Hall–Kier alpha value is -5.31. The van der Waals surface area contributed by atoms with Crippen molar-refractivity contribution in [2.45, 2.75) is 38.7 Å². The number of Topliss-reactive ketones (excluding diaryl/α,β-unsaturated/α-hetero) is 1. The molecule has 0 radical (unpaired) electrons. The zero-order valence-corrected chi connectivity index (χ0v) is 24.4. The number of piperidine rings is 1. The third-order valence-corrected chi connectivity index (χ3v) is 8.81. The van der Waals surface area contributed by atoms with E-state index in [4.69, 9.17) is 9.84 Å². The van der Waals surface area contributed by atoms with Crippen LogP contribution in [0.3, 0.4) is 0 Å². The molecule has 4 heterocycles. The van der Waals surface area contributed by atoms with Crippen molar-refractivity contribution in [3.63, 3.8) is 0 Å². The fourth-order valence-electron chi connectivity index (χ4n) is 6.33. The number of carbonyl (C=O) groups excluding carboxylic acids is 2. The molecular weight excluding hydrogens is 556 g/mol. The van der Waals surface area contributed by atoms with Crippen molar-refractivity contribution in [3.8, 4) is 22.6 Å². The van der Waals surface area contributed by atoms with Crippen molar-refractivity contribution in [1.29, 1.82) is 0 Å². The van der Waals surface area contributed by atoms with Crippen molar-refractivity contribution in [2.75, 3.05) is 13.1 Å². The minimum absolute atomic E-state index is 0.0252. The van der Waals surface area contributed by atoms with E-state index in [1.165, 1.54) is 0 Å². The Bertz CT molecular complexity index is 1970. The summed E-state index contributed by atoms with van der Waals surface area (Å²) in [6.07, 6.45) is 2.92. The van der Waals surface area contributed by atoms with Crippen LogP contribution in [0.15, 0.2) is 79.0 Å². The van der Waals surface area contributed by atoms with Gasteiger partial charge in [0.1, 0.15) is 11.4 Å². The summed E-state index contributed by atoms with van der Waals surface area (Å²) < 4.78 is 8.37. The number of aromatic carboxylic acids is 1. The predicted octanol–water partition coefficient (Wildman–Crippen LogP) is 6.04. The van der Waals surface area contributed by atoms with Gasteiger partial charge < -0.3 is 14.7 Å². The smallest absolute Gasteiger partial charge is 0.337 e. The van der Waals surface area contributed by atoms with Crippen LogP contribution >= 0.6 is 0 Å². The van der Waals surface area contributed by atoms with Gasteiger partial charge in [0.2, 0.25) is 0 Å².